The molecule has 1 aromatic carbocycles. The molecule has 1 amide bonds. The molecule has 0 radical (unpaired) electrons. The molecule has 0 spiro atoms. The summed E-state index contributed by atoms with van der Waals surface area (Å²) in [4.78, 5) is 26.5. The van der Waals surface area contributed by atoms with E-state index in [1.807, 2.05) is 6.07 Å². The number of carbonyl (C=O) groups is 2. The van der Waals surface area contributed by atoms with Crippen LogP contribution in [0.2, 0.25) is 10.0 Å². The van der Waals surface area contributed by atoms with Gasteiger partial charge in [0.2, 0.25) is 0 Å². The highest BCUT2D eigenvalue weighted by Crippen LogP contribution is 2.31. The van der Waals surface area contributed by atoms with Gasteiger partial charge in [0.1, 0.15) is 4.88 Å². The summed E-state index contributed by atoms with van der Waals surface area (Å²) in [6.07, 6.45) is 4.57. The average Bonchev–Trinajstić information content (AvgIpc) is 2.89. The van der Waals surface area contributed by atoms with Gasteiger partial charge >= 0.3 is 5.97 Å². The average molecular weight is 412 g/mol. The fraction of sp³-hybridized carbons (Fsp3) is 0.368. The third-order valence-electron chi connectivity index (χ3n) is 4.31. The van der Waals surface area contributed by atoms with Crippen LogP contribution in [-0.2, 0) is 22.4 Å². The number of ether oxygens (including phenoxy) is 1. The van der Waals surface area contributed by atoms with Crippen LogP contribution in [0.15, 0.2) is 24.3 Å². The molecule has 1 heterocycles. The minimum atomic E-state index is -0.961. The van der Waals surface area contributed by atoms with Gasteiger partial charge in [0.15, 0.2) is 6.10 Å². The number of amides is 1. The first kappa shape index (κ1) is 19.2. The molecule has 0 bridgehead atoms. The van der Waals surface area contributed by atoms with Crippen molar-refractivity contribution in [1.82, 2.24) is 0 Å². The number of hydrogen-bond donors (Lipinski definition) is 1. The molecule has 0 unspecified atom stereocenters. The second-order valence-electron chi connectivity index (χ2n) is 6.25. The van der Waals surface area contributed by atoms with Gasteiger partial charge in [0.05, 0.1) is 15.7 Å². The van der Waals surface area contributed by atoms with Crippen LogP contribution in [0.5, 0.6) is 0 Å². The van der Waals surface area contributed by atoms with Gasteiger partial charge < -0.3 is 10.1 Å². The SMILES string of the molecule is C[C@@H](OC(=O)c1cc2c(s1)CCCCC2)C(=O)Nc1c(Cl)cccc1Cl. The lowest BCUT2D eigenvalue weighted by Gasteiger charge is -2.14. The predicted molar refractivity (Wildman–Crippen MR) is 106 cm³/mol. The number of fused-ring (bicyclic) bond motifs is 1. The Hall–Kier alpha value is -1.56. The monoisotopic (exact) mass is 411 g/mol. The number of benzene rings is 1. The largest absolute Gasteiger partial charge is 0.448 e. The van der Waals surface area contributed by atoms with E-state index in [1.54, 1.807) is 18.2 Å². The molecule has 0 saturated heterocycles. The first-order chi connectivity index (χ1) is 12.5. The van der Waals surface area contributed by atoms with E-state index in [9.17, 15) is 9.59 Å². The second kappa shape index (κ2) is 8.42. The molecule has 1 aliphatic rings. The van der Waals surface area contributed by atoms with Crippen LogP contribution in [0.1, 0.15) is 46.3 Å². The minimum Gasteiger partial charge on any atom is -0.448 e. The molecule has 26 heavy (non-hydrogen) atoms. The summed E-state index contributed by atoms with van der Waals surface area (Å²) >= 11 is 13.6. The molecule has 1 N–H and O–H groups in total. The van der Waals surface area contributed by atoms with Gasteiger partial charge in [0, 0.05) is 4.88 Å². The lowest BCUT2D eigenvalue weighted by atomic mass is 10.1. The van der Waals surface area contributed by atoms with Gasteiger partial charge in [-0.05, 0) is 56.4 Å². The van der Waals surface area contributed by atoms with Crippen molar-refractivity contribution in [3.63, 3.8) is 0 Å². The Morgan fingerprint density at radius 3 is 2.58 bits per heavy atom. The molecule has 3 rings (SSSR count). The Balaban J connectivity index is 1.64. The van der Waals surface area contributed by atoms with Gasteiger partial charge in [-0.1, -0.05) is 35.7 Å². The van der Waals surface area contributed by atoms with Crippen molar-refractivity contribution >= 4 is 52.1 Å². The molecule has 1 atom stereocenters. The van der Waals surface area contributed by atoms with Gasteiger partial charge in [-0.3, -0.25) is 4.79 Å². The molecule has 4 nitrogen and oxygen atoms in total. The van der Waals surface area contributed by atoms with Crippen LogP contribution in [0.25, 0.3) is 0 Å². The molecule has 0 saturated carbocycles. The quantitative estimate of drug-likeness (QED) is 0.532. The fourth-order valence-corrected chi connectivity index (χ4v) is 4.51. The molecule has 0 aliphatic heterocycles. The third-order valence-corrected chi connectivity index (χ3v) is 6.16. The summed E-state index contributed by atoms with van der Waals surface area (Å²) in [6, 6.07) is 6.84. The Morgan fingerprint density at radius 2 is 1.85 bits per heavy atom. The number of aryl methyl sites for hydroxylation is 2. The van der Waals surface area contributed by atoms with E-state index >= 15 is 0 Å². The molecule has 1 aliphatic carbocycles. The Kier molecular flexibility index (Phi) is 6.22. The van der Waals surface area contributed by atoms with Crippen molar-refractivity contribution in [3.8, 4) is 0 Å². The van der Waals surface area contributed by atoms with Crippen molar-refractivity contribution in [1.29, 1.82) is 0 Å². The maximum atomic E-state index is 12.4. The third kappa shape index (κ3) is 4.40. The predicted octanol–water partition coefficient (Wildman–Crippen LogP) is 5.51. The van der Waals surface area contributed by atoms with Crippen LogP contribution in [0, 0.1) is 0 Å². The zero-order chi connectivity index (χ0) is 18.7. The normalized spacial score (nSPS) is 14.9. The van der Waals surface area contributed by atoms with E-state index in [-0.39, 0.29) is 0 Å². The molecule has 138 valence electrons. The number of hydrogen-bond acceptors (Lipinski definition) is 4. The van der Waals surface area contributed by atoms with Gasteiger partial charge in [0.25, 0.3) is 5.91 Å². The van der Waals surface area contributed by atoms with Crippen LogP contribution in [0.3, 0.4) is 0 Å². The number of esters is 1. The van der Waals surface area contributed by atoms with Crippen molar-refractivity contribution in [2.75, 3.05) is 5.32 Å². The number of thiophene rings is 1. The summed E-state index contributed by atoms with van der Waals surface area (Å²) in [5.74, 6) is -0.956. The standard InChI is InChI=1S/C19H19Cl2NO3S/c1-11(18(23)22-17-13(20)7-5-8-14(17)21)25-19(24)16-10-12-6-3-2-4-9-15(12)26-16/h5,7-8,10-11H,2-4,6,9H2,1H3,(H,22,23)/t11-/m1/s1. The highest BCUT2D eigenvalue weighted by molar-refractivity contribution is 7.14. The zero-order valence-corrected chi connectivity index (χ0v) is 16.6. The lowest BCUT2D eigenvalue weighted by molar-refractivity contribution is -0.123. The number of para-hydroxylation sites is 1. The van der Waals surface area contributed by atoms with E-state index in [0.717, 1.165) is 25.7 Å². The number of carbonyl (C=O) groups excluding carboxylic acids is 2. The Morgan fingerprint density at radius 1 is 1.15 bits per heavy atom. The van der Waals surface area contributed by atoms with Crippen molar-refractivity contribution in [3.05, 3.63) is 49.6 Å². The molecular formula is C19H19Cl2NO3S. The van der Waals surface area contributed by atoms with Crippen molar-refractivity contribution in [2.45, 2.75) is 45.1 Å². The first-order valence-electron chi connectivity index (χ1n) is 8.53. The molecular weight excluding hydrogens is 393 g/mol. The Bertz CT molecular complexity index is 790. The maximum absolute atomic E-state index is 12.4. The van der Waals surface area contributed by atoms with E-state index < -0.39 is 18.0 Å². The maximum Gasteiger partial charge on any atom is 0.349 e. The highest BCUT2D eigenvalue weighted by atomic mass is 35.5. The first-order valence-corrected chi connectivity index (χ1v) is 10.1. The van der Waals surface area contributed by atoms with Crippen LogP contribution in [-0.4, -0.2) is 18.0 Å². The highest BCUT2D eigenvalue weighted by Gasteiger charge is 2.23. The van der Waals surface area contributed by atoms with Crippen LogP contribution in [0.4, 0.5) is 5.69 Å². The lowest BCUT2D eigenvalue weighted by Crippen LogP contribution is -2.30. The van der Waals surface area contributed by atoms with Crippen molar-refractivity contribution < 1.29 is 14.3 Å². The summed E-state index contributed by atoms with van der Waals surface area (Å²) in [6.45, 7) is 1.52. The van der Waals surface area contributed by atoms with Gasteiger partial charge in [-0.2, -0.15) is 0 Å². The second-order valence-corrected chi connectivity index (χ2v) is 8.20. The fourth-order valence-electron chi connectivity index (χ4n) is 2.88. The molecule has 7 heteroatoms. The molecule has 0 fully saturated rings. The molecule has 1 aromatic heterocycles. The van der Waals surface area contributed by atoms with Gasteiger partial charge in [-0.25, -0.2) is 4.79 Å². The smallest absolute Gasteiger partial charge is 0.349 e. The van der Waals surface area contributed by atoms with E-state index in [1.165, 1.54) is 35.1 Å². The Labute approximate surface area is 166 Å². The van der Waals surface area contributed by atoms with E-state index in [0.29, 0.717) is 20.6 Å². The number of anilines is 1. The topological polar surface area (TPSA) is 55.4 Å². The van der Waals surface area contributed by atoms with Gasteiger partial charge in [-0.15, -0.1) is 11.3 Å². The zero-order valence-electron chi connectivity index (χ0n) is 14.3. The van der Waals surface area contributed by atoms with Crippen LogP contribution >= 0.6 is 34.5 Å². The number of rotatable bonds is 4. The van der Waals surface area contributed by atoms with E-state index in [4.69, 9.17) is 27.9 Å². The summed E-state index contributed by atoms with van der Waals surface area (Å²) < 4.78 is 5.33. The molecule has 2 aromatic rings. The van der Waals surface area contributed by atoms with E-state index in [2.05, 4.69) is 5.32 Å². The van der Waals surface area contributed by atoms with Crippen LogP contribution < -0.4 is 5.32 Å². The number of nitrogens with one attached hydrogen (secondary N) is 1. The minimum absolute atomic E-state index is 0.312. The summed E-state index contributed by atoms with van der Waals surface area (Å²) in [5.41, 5.74) is 1.55. The van der Waals surface area contributed by atoms with Crippen molar-refractivity contribution in [2.24, 2.45) is 0 Å². The number of halogens is 2. The summed E-state index contributed by atoms with van der Waals surface area (Å²) in [5, 5.41) is 3.27. The summed E-state index contributed by atoms with van der Waals surface area (Å²) in [7, 11) is 0.